The average molecular weight is 420 g/mol. The molecule has 156 valence electrons. The van der Waals surface area contributed by atoms with Crippen LogP contribution in [0.2, 0.25) is 0 Å². The van der Waals surface area contributed by atoms with Crippen molar-refractivity contribution in [2.75, 3.05) is 30.5 Å². The van der Waals surface area contributed by atoms with E-state index in [9.17, 15) is 13.2 Å². The van der Waals surface area contributed by atoms with Crippen molar-refractivity contribution < 1.29 is 17.9 Å². The van der Waals surface area contributed by atoms with Crippen LogP contribution in [0, 0.1) is 13.8 Å². The summed E-state index contributed by atoms with van der Waals surface area (Å²) in [5.74, 6) is 0.638. The third-order valence-corrected chi connectivity index (χ3v) is 6.61. The summed E-state index contributed by atoms with van der Waals surface area (Å²) in [5.41, 5.74) is 5.53. The molecule has 1 fully saturated rings. The number of nitrogens with one attached hydrogen (secondary N) is 2. The van der Waals surface area contributed by atoms with Gasteiger partial charge in [-0.05, 0) is 32.4 Å². The molecule has 2 aromatic rings. The number of amides is 1. The lowest BCUT2D eigenvalue weighted by molar-refractivity contribution is -0.119. The number of hydrogen-bond acceptors (Lipinski definition) is 7. The molecule has 0 radical (unpaired) electrons. The van der Waals surface area contributed by atoms with Crippen LogP contribution in [0.25, 0.3) is 0 Å². The predicted octanol–water partition coefficient (Wildman–Crippen LogP) is 1.43. The number of aryl methyl sites for hydroxylation is 1. The van der Waals surface area contributed by atoms with E-state index in [1.54, 1.807) is 24.1 Å². The Bertz CT molecular complexity index is 1030. The zero-order chi connectivity index (χ0) is 21.0. The SMILES string of the molecule is COc1ccccc1NCC(=O)N/N=C\c1c(C)nn([C@H]2CCS(=O)(=O)C2)c1C. The molecule has 0 bridgehead atoms. The fourth-order valence-corrected chi connectivity index (χ4v) is 5.05. The minimum absolute atomic E-state index is 0.0366. The van der Waals surface area contributed by atoms with Gasteiger partial charge in [-0.3, -0.25) is 9.48 Å². The molecule has 0 aliphatic carbocycles. The van der Waals surface area contributed by atoms with Crippen molar-refractivity contribution in [3.8, 4) is 5.75 Å². The largest absolute Gasteiger partial charge is 0.495 e. The van der Waals surface area contributed by atoms with E-state index in [2.05, 4.69) is 20.9 Å². The number of hydrazone groups is 1. The van der Waals surface area contributed by atoms with Crippen LogP contribution in [0.4, 0.5) is 5.69 Å². The van der Waals surface area contributed by atoms with Gasteiger partial charge in [0.1, 0.15) is 5.75 Å². The summed E-state index contributed by atoms with van der Waals surface area (Å²) in [6, 6.07) is 7.16. The van der Waals surface area contributed by atoms with Gasteiger partial charge >= 0.3 is 0 Å². The number of methoxy groups -OCH3 is 1. The Morgan fingerprint density at radius 2 is 2.14 bits per heavy atom. The van der Waals surface area contributed by atoms with Crippen LogP contribution in [0.1, 0.15) is 29.4 Å². The quantitative estimate of drug-likeness (QED) is 0.518. The maximum atomic E-state index is 12.0. The second kappa shape index (κ2) is 8.64. The van der Waals surface area contributed by atoms with Gasteiger partial charge in [-0.2, -0.15) is 10.2 Å². The summed E-state index contributed by atoms with van der Waals surface area (Å²) in [7, 11) is -1.43. The van der Waals surface area contributed by atoms with Gasteiger partial charge in [0.25, 0.3) is 5.91 Å². The molecule has 0 saturated carbocycles. The Hall–Kier alpha value is -2.88. The number of nitrogens with zero attached hydrogens (tertiary/aromatic N) is 3. The van der Waals surface area contributed by atoms with Gasteiger partial charge in [-0.15, -0.1) is 0 Å². The maximum absolute atomic E-state index is 12.0. The van der Waals surface area contributed by atoms with E-state index in [1.807, 2.05) is 32.0 Å². The highest BCUT2D eigenvalue weighted by molar-refractivity contribution is 7.91. The molecule has 1 aromatic heterocycles. The zero-order valence-electron chi connectivity index (χ0n) is 16.7. The second-order valence-electron chi connectivity index (χ2n) is 6.93. The van der Waals surface area contributed by atoms with Crippen molar-refractivity contribution in [3.05, 3.63) is 41.2 Å². The first-order chi connectivity index (χ1) is 13.8. The van der Waals surface area contributed by atoms with Gasteiger partial charge in [-0.25, -0.2) is 13.8 Å². The standard InChI is InChI=1S/C19H25N5O4S/c1-13-16(14(2)24(23-13)15-8-9-29(26,27)12-15)10-21-22-19(25)11-20-17-6-4-5-7-18(17)28-3/h4-7,10,15,20H,8-9,11-12H2,1-3H3,(H,22,25)/b21-10-/t15-/m0/s1. The predicted molar refractivity (Wildman–Crippen MR) is 111 cm³/mol. The van der Waals surface area contributed by atoms with Crippen LogP contribution in [0.5, 0.6) is 5.75 Å². The second-order valence-corrected chi connectivity index (χ2v) is 9.16. The number of anilines is 1. The van der Waals surface area contributed by atoms with Gasteiger partial charge in [0.05, 0.1) is 48.8 Å². The van der Waals surface area contributed by atoms with E-state index < -0.39 is 9.84 Å². The molecule has 1 saturated heterocycles. The Morgan fingerprint density at radius 1 is 1.38 bits per heavy atom. The molecular weight excluding hydrogens is 394 g/mol. The fourth-order valence-electron chi connectivity index (χ4n) is 3.36. The third-order valence-electron chi connectivity index (χ3n) is 4.86. The number of rotatable bonds is 7. The molecule has 1 aliphatic rings. The van der Waals surface area contributed by atoms with Crippen molar-refractivity contribution in [2.45, 2.75) is 26.3 Å². The van der Waals surface area contributed by atoms with Crippen molar-refractivity contribution in [3.63, 3.8) is 0 Å². The lowest BCUT2D eigenvalue weighted by atomic mass is 10.2. The Morgan fingerprint density at radius 3 is 2.83 bits per heavy atom. The molecule has 9 nitrogen and oxygen atoms in total. The number of aromatic nitrogens is 2. The van der Waals surface area contributed by atoms with E-state index in [1.165, 1.54) is 0 Å². The normalized spacial score (nSPS) is 18.1. The third kappa shape index (κ3) is 4.94. The molecular formula is C19H25N5O4S. The molecule has 1 atom stereocenters. The number of carbonyl (C=O) groups excluding carboxylic acids is 1. The summed E-state index contributed by atoms with van der Waals surface area (Å²) < 4.78 is 30.5. The zero-order valence-corrected chi connectivity index (χ0v) is 17.5. The number of para-hydroxylation sites is 2. The number of ether oxygens (including phenoxy) is 1. The first kappa shape index (κ1) is 20.8. The van der Waals surface area contributed by atoms with Crippen LogP contribution in [-0.2, 0) is 14.6 Å². The van der Waals surface area contributed by atoms with Crippen molar-refractivity contribution in [1.82, 2.24) is 15.2 Å². The van der Waals surface area contributed by atoms with Gasteiger partial charge in [0, 0.05) is 11.3 Å². The topological polar surface area (TPSA) is 115 Å². The fraction of sp³-hybridized carbons (Fsp3) is 0.421. The summed E-state index contributed by atoms with van der Waals surface area (Å²) in [5, 5.41) is 11.5. The average Bonchev–Trinajstić information content (AvgIpc) is 3.19. The first-order valence-corrected chi connectivity index (χ1v) is 11.1. The van der Waals surface area contributed by atoms with Crippen LogP contribution < -0.4 is 15.5 Å². The van der Waals surface area contributed by atoms with Gasteiger partial charge < -0.3 is 10.1 Å². The number of sulfone groups is 1. The Labute approximate surface area is 170 Å². The highest BCUT2D eigenvalue weighted by Crippen LogP contribution is 2.26. The molecule has 0 unspecified atom stereocenters. The van der Waals surface area contributed by atoms with Crippen LogP contribution in [0.3, 0.4) is 0 Å². The molecule has 2 N–H and O–H groups in total. The number of benzene rings is 1. The van der Waals surface area contributed by atoms with E-state index >= 15 is 0 Å². The van der Waals surface area contributed by atoms with Gasteiger partial charge in [0.15, 0.2) is 9.84 Å². The smallest absolute Gasteiger partial charge is 0.259 e. The van der Waals surface area contributed by atoms with Crippen molar-refractivity contribution in [2.24, 2.45) is 5.10 Å². The molecule has 1 aliphatic heterocycles. The van der Waals surface area contributed by atoms with Crippen molar-refractivity contribution >= 4 is 27.6 Å². The summed E-state index contributed by atoms with van der Waals surface area (Å²) in [6.45, 7) is 3.74. The van der Waals surface area contributed by atoms with Crippen LogP contribution in [-0.4, -0.2) is 55.5 Å². The highest BCUT2D eigenvalue weighted by Gasteiger charge is 2.31. The van der Waals surface area contributed by atoms with Gasteiger partial charge in [-0.1, -0.05) is 12.1 Å². The van der Waals surface area contributed by atoms with Crippen molar-refractivity contribution in [1.29, 1.82) is 0 Å². The van der Waals surface area contributed by atoms with E-state index in [0.29, 0.717) is 17.9 Å². The van der Waals surface area contributed by atoms with Gasteiger partial charge in [0.2, 0.25) is 0 Å². The summed E-state index contributed by atoms with van der Waals surface area (Å²) >= 11 is 0. The molecule has 3 rings (SSSR count). The lowest BCUT2D eigenvalue weighted by Crippen LogP contribution is -2.26. The molecule has 29 heavy (non-hydrogen) atoms. The molecule has 0 spiro atoms. The number of carbonyl (C=O) groups is 1. The Balaban J connectivity index is 1.59. The summed E-state index contributed by atoms with van der Waals surface area (Å²) in [6.07, 6.45) is 2.10. The van der Waals surface area contributed by atoms with E-state index in [4.69, 9.17) is 4.74 Å². The Kier molecular flexibility index (Phi) is 6.21. The molecule has 1 aromatic carbocycles. The molecule has 1 amide bonds. The maximum Gasteiger partial charge on any atom is 0.259 e. The van der Waals surface area contributed by atoms with Crippen LogP contribution in [0.15, 0.2) is 29.4 Å². The van der Waals surface area contributed by atoms with E-state index in [0.717, 1.165) is 17.0 Å². The molecule has 10 heteroatoms. The molecule has 2 heterocycles. The highest BCUT2D eigenvalue weighted by atomic mass is 32.2. The lowest BCUT2D eigenvalue weighted by Gasteiger charge is -2.11. The summed E-state index contributed by atoms with van der Waals surface area (Å²) in [4.78, 5) is 12.0. The minimum Gasteiger partial charge on any atom is -0.495 e. The van der Waals surface area contributed by atoms with Crippen LogP contribution >= 0.6 is 0 Å². The number of hydrogen-bond donors (Lipinski definition) is 2. The first-order valence-electron chi connectivity index (χ1n) is 9.25. The monoisotopic (exact) mass is 419 g/mol. The van der Waals surface area contributed by atoms with E-state index in [-0.39, 0.29) is 30.0 Å². The minimum atomic E-state index is -2.99.